The normalized spacial score (nSPS) is 16.3. The third-order valence-corrected chi connectivity index (χ3v) is 13.9. The van der Waals surface area contributed by atoms with Gasteiger partial charge in [-0.2, -0.15) is 0 Å². The number of carbonyl (C=O) groups excluding carboxylic acids is 1. The summed E-state index contributed by atoms with van der Waals surface area (Å²) in [5.74, 6) is 0.577. The Morgan fingerprint density at radius 3 is 1.74 bits per heavy atom. The fraction of sp³-hybridized carbons (Fsp3) is 0.225. The van der Waals surface area contributed by atoms with Gasteiger partial charge in [-0.15, -0.1) is 0 Å². The fourth-order valence-electron chi connectivity index (χ4n) is 6.71. The first-order valence-electron chi connectivity index (χ1n) is 16.0. The van der Waals surface area contributed by atoms with Gasteiger partial charge in [0.1, 0.15) is 5.75 Å². The highest BCUT2D eigenvalue weighted by Gasteiger charge is 2.52. The average Bonchev–Trinajstić information content (AvgIpc) is 3.08. The lowest BCUT2D eigenvalue weighted by Gasteiger charge is -2.44. The molecule has 6 rings (SSSR count). The number of para-hydroxylation sites is 2. The standard InChI is InChI=1S/C40H41NO4Si/c1-40(2,3)46(33-21-12-6-13-22-33,34-23-14-7-15-24-34)45-37-26-16-25-36-35(37)28-27-30(38(36)42)29-44-39(43)41(31-17-8-4-9-18-31)32-19-10-5-11-20-32/h4-26,30,38,42H,27-29H2,1-3H3/t30-,38?/m1/s1. The largest absolute Gasteiger partial charge is 0.534 e. The molecule has 0 aromatic heterocycles. The summed E-state index contributed by atoms with van der Waals surface area (Å²) in [6.45, 7) is 6.90. The predicted molar refractivity (Wildman–Crippen MR) is 188 cm³/mol. The molecule has 0 radical (unpaired) electrons. The summed E-state index contributed by atoms with van der Waals surface area (Å²) in [5.41, 5.74) is 3.31. The van der Waals surface area contributed by atoms with Crippen LogP contribution in [0.4, 0.5) is 16.2 Å². The lowest BCUT2D eigenvalue weighted by atomic mass is 9.81. The summed E-state index contributed by atoms with van der Waals surface area (Å²) in [7, 11) is -2.85. The summed E-state index contributed by atoms with van der Waals surface area (Å²) in [4.78, 5) is 15.1. The van der Waals surface area contributed by atoms with Crippen LogP contribution in [0.2, 0.25) is 5.04 Å². The molecule has 1 unspecified atom stereocenters. The van der Waals surface area contributed by atoms with Crippen LogP contribution in [-0.2, 0) is 11.2 Å². The summed E-state index contributed by atoms with van der Waals surface area (Å²) in [6.07, 6.45) is 0.115. The summed E-state index contributed by atoms with van der Waals surface area (Å²) >= 11 is 0. The quantitative estimate of drug-likeness (QED) is 0.176. The van der Waals surface area contributed by atoms with Crippen LogP contribution in [0.25, 0.3) is 0 Å². The minimum Gasteiger partial charge on any atom is -0.534 e. The molecular weight excluding hydrogens is 587 g/mol. The van der Waals surface area contributed by atoms with Gasteiger partial charge in [0, 0.05) is 5.92 Å². The van der Waals surface area contributed by atoms with Crippen molar-refractivity contribution >= 4 is 36.2 Å². The molecule has 0 bridgehead atoms. The first kappa shape index (κ1) is 31.3. The average molecular weight is 628 g/mol. The van der Waals surface area contributed by atoms with Gasteiger partial charge in [0.25, 0.3) is 0 Å². The molecule has 5 nitrogen and oxygen atoms in total. The molecule has 5 aromatic rings. The third kappa shape index (κ3) is 6.11. The molecule has 234 valence electrons. The molecule has 6 heteroatoms. The van der Waals surface area contributed by atoms with E-state index in [1.807, 2.05) is 91.0 Å². The Morgan fingerprint density at radius 2 is 1.24 bits per heavy atom. The monoisotopic (exact) mass is 627 g/mol. The van der Waals surface area contributed by atoms with Gasteiger partial charge in [-0.05, 0) is 69.7 Å². The van der Waals surface area contributed by atoms with Gasteiger partial charge in [-0.1, -0.05) is 130 Å². The van der Waals surface area contributed by atoms with E-state index >= 15 is 0 Å². The van der Waals surface area contributed by atoms with Crippen LogP contribution < -0.4 is 19.7 Å². The Kier molecular flexibility index (Phi) is 9.11. The predicted octanol–water partition coefficient (Wildman–Crippen LogP) is 8.20. The van der Waals surface area contributed by atoms with E-state index in [1.165, 1.54) is 10.4 Å². The van der Waals surface area contributed by atoms with E-state index in [0.717, 1.165) is 28.3 Å². The number of nitrogens with zero attached hydrogens (tertiary/aromatic N) is 1. The number of carbonyl (C=O) groups is 1. The highest BCUT2D eigenvalue weighted by molar-refractivity contribution is 7.00. The van der Waals surface area contributed by atoms with Crippen molar-refractivity contribution in [2.45, 2.75) is 44.8 Å². The molecule has 1 aliphatic carbocycles. The molecule has 0 aliphatic heterocycles. The van der Waals surface area contributed by atoms with Crippen LogP contribution in [-0.4, -0.2) is 26.1 Å². The van der Waals surface area contributed by atoms with Crippen molar-refractivity contribution in [3.05, 3.63) is 151 Å². The van der Waals surface area contributed by atoms with Crippen molar-refractivity contribution in [1.82, 2.24) is 0 Å². The number of benzene rings is 5. The van der Waals surface area contributed by atoms with E-state index in [2.05, 4.69) is 69.3 Å². The molecule has 46 heavy (non-hydrogen) atoms. The van der Waals surface area contributed by atoms with E-state index in [-0.39, 0.29) is 17.6 Å². The lowest BCUT2D eigenvalue weighted by molar-refractivity contribution is 0.0443. The van der Waals surface area contributed by atoms with Crippen molar-refractivity contribution in [1.29, 1.82) is 0 Å². The van der Waals surface area contributed by atoms with E-state index in [1.54, 1.807) is 4.90 Å². The van der Waals surface area contributed by atoms with Crippen LogP contribution >= 0.6 is 0 Å². The highest BCUT2D eigenvalue weighted by Crippen LogP contribution is 2.43. The molecule has 2 atom stereocenters. The minimum absolute atomic E-state index is 0.107. The number of fused-ring (bicyclic) bond motifs is 1. The topological polar surface area (TPSA) is 59.0 Å². The zero-order valence-corrected chi connectivity index (χ0v) is 27.7. The molecule has 1 N–H and O–H groups in total. The van der Waals surface area contributed by atoms with Crippen molar-refractivity contribution in [3.8, 4) is 5.75 Å². The molecular formula is C40H41NO4Si. The lowest BCUT2D eigenvalue weighted by Crippen LogP contribution is -2.69. The van der Waals surface area contributed by atoms with E-state index in [9.17, 15) is 9.90 Å². The summed E-state index contributed by atoms with van der Waals surface area (Å²) in [5, 5.41) is 13.9. The van der Waals surface area contributed by atoms with Crippen LogP contribution in [0, 0.1) is 5.92 Å². The molecule has 0 saturated heterocycles. The fourth-order valence-corrected chi connectivity index (χ4v) is 11.2. The van der Waals surface area contributed by atoms with Crippen LogP contribution in [0.5, 0.6) is 5.75 Å². The maximum atomic E-state index is 13.5. The van der Waals surface area contributed by atoms with Crippen molar-refractivity contribution in [3.63, 3.8) is 0 Å². The number of rotatable bonds is 8. The molecule has 0 saturated carbocycles. The van der Waals surface area contributed by atoms with Crippen LogP contribution in [0.3, 0.4) is 0 Å². The number of anilines is 2. The molecule has 0 spiro atoms. The zero-order chi connectivity index (χ0) is 32.1. The van der Waals surface area contributed by atoms with Gasteiger partial charge in [-0.3, -0.25) is 0 Å². The molecule has 1 amide bonds. The molecule has 0 fully saturated rings. The van der Waals surface area contributed by atoms with Gasteiger partial charge >= 0.3 is 14.4 Å². The van der Waals surface area contributed by atoms with Gasteiger partial charge < -0.3 is 14.3 Å². The Morgan fingerprint density at radius 1 is 0.739 bits per heavy atom. The Bertz CT molecular complexity index is 1660. The second-order valence-corrected chi connectivity index (χ2v) is 17.1. The Balaban J connectivity index is 1.27. The number of ether oxygens (including phenoxy) is 1. The summed E-state index contributed by atoms with van der Waals surface area (Å²) < 4.78 is 13.3. The number of amides is 1. The Hall–Kier alpha value is -4.65. The number of aliphatic hydroxyl groups excluding tert-OH is 1. The van der Waals surface area contributed by atoms with Gasteiger partial charge in [-0.25, -0.2) is 9.69 Å². The molecule has 5 aromatic carbocycles. The third-order valence-electron chi connectivity index (χ3n) is 9.01. The van der Waals surface area contributed by atoms with Crippen LogP contribution in [0.15, 0.2) is 140 Å². The van der Waals surface area contributed by atoms with Crippen LogP contribution in [0.1, 0.15) is 44.4 Å². The smallest absolute Gasteiger partial charge is 0.418 e. The first-order chi connectivity index (χ1) is 22.3. The SMILES string of the molecule is CC(C)(C)[Si](Oc1cccc2c1CC[C@H](COC(=O)N(c1ccccc1)c1ccccc1)C2O)(c1ccccc1)c1ccccc1. The highest BCUT2D eigenvalue weighted by atomic mass is 28.4. The number of hydrogen-bond donors (Lipinski definition) is 1. The molecule has 1 aliphatic rings. The van der Waals surface area contributed by atoms with Crippen molar-refractivity contribution < 1.29 is 19.1 Å². The summed E-state index contributed by atoms with van der Waals surface area (Å²) in [6, 6.07) is 46.1. The maximum Gasteiger partial charge on any atom is 0.418 e. The van der Waals surface area contributed by atoms with Crippen molar-refractivity contribution in [2.24, 2.45) is 5.92 Å². The second kappa shape index (κ2) is 13.4. The van der Waals surface area contributed by atoms with Gasteiger partial charge in [0.15, 0.2) is 0 Å². The first-order valence-corrected chi connectivity index (χ1v) is 17.9. The van der Waals surface area contributed by atoms with E-state index in [4.69, 9.17) is 9.16 Å². The minimum atomic E-state index is -2.85. The zero-order valence-electron chi connectivity index (χ0n) is 26.7. The molecule has 0 heterocycles. The number of aliphatic hydroxyl groups is 1. The Labute approximate surface area is 273 Å². The van der Waals surface area contributed by atoms with E-state index in [0.29, 0.717) is 12.8 Å². The van der Waals surface area contributed by atoms with Crippen molar-refractivity contribution in [2.75, 3.05) is 11.5 Å². The van der Waals surface area contributed by atoms with Gasteiger partial charge in [0.05, 0.1) is 24.1 Å². The number of hydrogen-bond acceptors (Lipinski definition) is 4. The second-order valence-electron chi connectivity index (χ2n) is 12.9. The maximum absolute atomic E-state index is 13.5. The van der Waals surface area contributed by atoms with E-state index < -0.39 is 20.5 Å². The van der Waals surface area contributed by atoms with Gasteiger partial charge in [0.2, 0.25) is 0 Å².